The third kappa shape index (κ3) is 3.76. The summed E-state index contributed by atoms with van der Waals surface area (Å²) >= 11 is 0. The molecule has 0 aliphatic carbocycles. The van der Waals surface area contributed by atoms with E-state index in [2.05, 4.69) is 5.32 Å². The van der Waals surface area contributed by atoms with Crippen LogP contribution in [0.4, 0.5) is 10.5 Å². The van der Waals surface area contributed by atoms with Gasteiger partial charge in [-0.05, 0) is 32.4 Å². The maximum absolute atomic E-state index is 11.6. The van der Waals surface area contributed by atoms with Crippen molar-refractivity contribution >= 4 is 17.6 Å². The number of carbonyl (C=O) groups is 2. The predicted molar refractivity (Wildman–Crippen MR) is 71.4 cm³/mol. The molecule has 0 unspecified atom stereocenters. The van der Waals surface area contributed by atoms with E-state index in [1.54, 1.807) is 0 Å². The molecule has 1 aromatic carbocycles. The Bertz CT molecular complexity index is 444. The molecule has 0 bridgehead atoms. The van der Waals surface area contributed by atoms with Crippen molar-refractivity contribution in [3.63, 3.8) is 0 Å². The van der Waals surface area contributed by atoms with Crippen molar-refractivity contribution in [1.29, 1.82) is 0 Å². The van der Waals surface area contributed by atoms with Gasteiger partial charge in [-0.3, -0.25) is 10.1 Å². The highest BCUT2D eigenvalue weighted by atomic mass is 16.2. The Kier molecular flexibility index (Phi) is 4.71. The average molecular weight is 249 g/mol. The van der Waals surface area contributed by atoms with E-state index < -0.39 is 11.9 Å². The van der Waals surface area contributed by atoms with Gasteiger partial charge in [-0.2, -0.15) is 0 Å². The summed E-state index contributed by atoms with van der Waals surface area (Å²) in [6.45, 7) is 6.07. The number of para-hydroxylation sites is 1. The molecule has 0 spiro atoms. The molecular weight excluding hydrogens is 230 g/mol. The van der Waals surface area contributed by atoms with Crippen LogP contribution in [-0.2, 0) is 4.79 Å². The van der Waals surface area contributed by atoms with Crippen LogP contribution in [0, 0.1) is 6.92 Å². The highest BCUT2D eigenvalue weighted by molar-refractivity contribution is 5.95. The first-order valence-corrected chi connectivity index (χ1v) is 5.83. The summed E-state index contributed by atoms with van der Waals surface area (Å²) in [6, 6.07) is 7.12. The normalized spacial score (nSPS) is 10.2. The number of amides is 3. The van der Waals surface area contributed by atoms with E-state index in [-0.39, 0.29) is 12.6 Å². The van der Waals surface area contributed by atoms with Crippen molar-refractivity contribution in [2.75, 3.05) is 11.4 Å². The third-order valence-corrected chi connectivity index (χ3v) is 2.62. The summed E-state index contributed by atoms with van der Waals surface area (Å²) in [5.74, 6) is -0.403. The van der Waals surface area contributed by atoms with Crippen molar-refractivity contribution in [3.05, 3.63) is 29.8 Å². The molecule has 1 rings (SSSR count). The van der Waals surface area contributed by atoms with E-state index in [0.29, 0.717) is 0 Å². The van der Waals surface area contributed by atoms with E-state index in [1.807, 2.05) is 49.9 Å². The van der Waals surface area contributed by atoms with Gasteiger partial charge >= 0.3 is 6.03 Å². The number of urea groups is 1. The minimum Gasteiger partial charge on any atom is -0.360 e. The Morgan fingerprint density at radius 2 is 1.94 bits per heavy atom. The van der Waals surface area contributed by atoms with Crippen LogP contribution in [0.3, 0.4) is 0 Å². The molecule has 0 aromatic heterocycles. The molecule has 0 saturated carbocycles. The standard InChI is InChI=1S/C13H19N3O2/c1-9(2)16(8-12(17)15-13(14)18)11-7-5-4-6-10(11)3/h4-7,9H,8H2,1-3H3,(H3,14,15,17,18). The molecule has 5 heteroatoms. The van der Waals surface area contributed by atoms with Crippen molar-refractivity contribution in [2.24, 2.45) is 5.73 Å². The number of imide groups is 1. The number of nitrogens with two attached hydrogens (primary N) is 1. The van der Waals surface area contributed by atoms with E-state index in [1.165, 1.54) is 0 Å². The maximum Gasteiger partial charge on any atom is 0.318 e. The maximum atomic E-state index is 11.6. The highest BCUT2D eigenvalue weighted by Gasteiger charge is 2.16. The molecule has 0 fully saturated rings. The number of carbonyl (C=O) groups excluding carboxylic acids is 2. The number of nitrogens with one attached hydrogen (secondary N) is 1. The Morgan fingerprint density at radius 3 is 2.44 bits per heavy atom. The largest absolute Gasteiger partial charge is 0.360 e. The van der Waals surface area contributed by atoms with Gasteiger partial charge in [0, 0.05) is 11.7 Å². The van der Waals surface area contributed by atoms with Crippen molar-refractivity contribution < 1.29 is 9.59 Å². The van der Waals surface area contributed by atoms with Crippen LogP contribution in [0.1, 0.15) is 19.4 Å². The number of primary amides is 1. The number of aryl methyl sites for hydroxylation is 1. The molecule has 0 aliphatic rings. The molecular formula is C13H19N3O2. The van der Waals surface area contributed by atoms with Gasteiger partial charge < -0.3 is 10.6 Å². The summed E-state index contributed by atoms with van der Waals surface area (Å²) in [5, 5.41) is 2.08. The fraction of sp³-hybridized carbons (Fsp3) is 0.385. The van der Waals surface area contributed by atoms with Gasteiger partial charge in [0.25, 0.3) is 0 Å². The first-order chi connectivity index (χ1) is 8.41. The minimum atomic E-state index is -0.825. The zero-order valence-electron chi connectivity index (χ0n) is 10.9. The zero-order chi connectivity index (χ0) is 13.7. The minimum absolute atomic E-state index is 0.103. The Hall–Kier alpha value is -2.04. The lowest BCUT2D eigenvalue weighted by Crippen LogP contribution is -2.44. The highest BCUT2D eigenvalue weighted by Crippen LogP contribution is 2.21. The van der Waals surface area contributed by atoms with Crippen LogP contribution in [0.5, 0.6) is 0 Å². The summed E-state index contributed by atoms with van der Waals surface area (Å²) < 4.78 is 0. The topological polar surface area (TPSA) is 75.4 Å². The van der Waals surface area contributed by atoms with Gasteiger partial charge in [0.05, 0.1) is 6.54 Å². The number of benzene rings is 1. The van der Waals surface area contributed by atoms with Gasteiger partial charge in [0.15, 0.2) is 0 Å². The molecule has 98 valence electrons. The summed E-state index contributed by atoms with van der Waals surface area (Å²) in [7, 11) is 0. The average Bonchev–Trinajstić information content (AvgIpc) is 2.25. The van der Waals surface area contributed by atoms with Crippen LogP contribution in [0.2, 0.25) is 0 Å². The zero-order valence-corrected chi connectivity index (χ0v) is 10.9. The number of hydrogen-bond acceptors (Lipinski definition) is 3. The quantitative estimate of drug-likeness (QED) is 0.847. The molecule has 0 saturated heterocycles. The first-order valence-electron chi connectivity index (χ1n) is 5.83. The van der Waals surface area contributed by atoms with Crippen LogP contribution >= 0.6 is 0 Å². The van der Waals surface area contributed by atoms with Crippen LogP contribution in [0.25, 0.3) is 0 Å². The molecule has 18 heavy (non-hydrogen) atoms. The van der Waals surface area contributed by atoms with E-state index in [4.69, 9.17) is 5.73 Å². The monoisotopic (exact) mass is 249 g/mol. The summed E-state index contributed by atoms with van der Waals surface area (Å²) in [4.78, 5) is 24.2. The van der Waals surface area contributed by atoms with Crippen LogP contribution in [0.15, 0.2) is 24.3 Å². The lowest BCUT2D eigenvalue weighted by atomic mass is 10.1. The van der Waals surface area contributed by atoms with Crippen LogP contribution < -0.4 is 16.0 Å². The lowest BCUT2D eigenvalue weighted by Gasteiger charge is -2.29. The van der Waals surface area contributed by atoms with Crippen molar-refractivity contribution in [3.8, 4) is 0 Å². The fourth-order valence-corrected chi connectivity index (χ4v) is 1.76. The molecule has 1 aromatic rings. The number of hydrogen-bond donors (Lipinski definition) is 2. The molecule has 3 amide bonds. The first kappa shape index (κ1) is 14.0. The molecule has 0 atom stereocenters. The second-order valence-electron chi connectivity index (χ2n) is 4.42. The van der Waals surface area contributed by atoms with Crippen LogP contribution in [-0.4, -0.2) is 24.5 Å². The number of rotatable bonds is 4. The smallest absolute Gasteiger partial charge is 0.318 e. The van der Waals surface area contributed by atoms with Crippen molar-refractivity contribution in [2.45, 2.75) is 26.8 Å². The fourth-order valence-electron chi connectivity index (χ4n) is 1.76. The number of anilines is 1. The van der Waals surface area contributed by atoms with Crippen molar-refractivity contribution in [1.82, 2.24) is 5.32 Å². The molecule has 5 nitrogen and oxygen atoms in total. The molecule has 0 radical (unpaired) electrons. The second kappa shape index (κ2) is 6.05. The van der Waals surface area contributed by atoms with Gasteiger partial charge in [-0.15, -0.1) is 0 Å². The third-order valence-electron chi connectivity index (χ3n) is 2.62. The second-order valence-corrected chi connectivity index (χ2v) is 4.42. The van der Waals surface area contributed by atoms with E-state index in [0.717, 1.165) is 11.3 Å². The molecule has 0 heterocycles. The van der Waals surface area contributed by atoms with E-state index >= 15 is 0 Å². The Morgan fingerprint density at radius 1 is 1.33 bits per heavy atom. The number of nitrogens with zero attached hydrogens (tertiary/aromatic N) is 1. The van der Waals surface area contributed by atoms with Gasteiger partial charge in [-0.25, -0.2) is 4.79 Å². The lowest BCUT2D eigenvalue weighted by molar-refractivity contribution is -0.118. The van der Waals surface area contributed by atoms with Gasteiger partial charge in [-0.1, -0.05) is 18.2 Å². The SMILES string of the molecule is Cc1ccccc1N(CC(=O)NC(N)=O)C(C)C. The summed E-state index contributed by atoms with van der Waals surface area (Å²) in [5.41, 5.74) is 6.98. The van der Waals surface area contributed by atoms with E-state index in [9.17, 15) is 9.59 Å². The Balaban J connectivity index is 2.88. The summed E-state index contributed by atoms with van der Waals surface area (Å²) in [6.07, 6.45) is 0. The van der Waals surface area contributed by atoms with Gasteiger partial charge in [0.1, 0.15) is 0 Å². The molecule has 0 aliphatic heterocycles. The molecule has 3 N–H and O–H groups in total. The Labute approximate surface area is 107 Å². The predicted octanol–water partition coefficient (Wildman–Crippen LogP) is 1.40. The van der Waals surface area contributed by atoms with Gasteiger partial charge in [0.2, 0.25) is 5.91 Å².